The summed E-state index contributed by atoms with van der Waals surface area (Å²) in [4.78, 5) is 27.7. The molecule has 4 rings (SSSR count). The van der Waals surface area contributed by atoms with E-state index in [0.717, 1.165) is 38.0 Å². The lowest BCUT2D eigenvalue weighted by atomic mass is 9.97. The molecule has 28 heavy (non-hydrogen) atoms. The van der Waals surface area contributed by atoms with Crippen LogP contribution in [0.25, 0.3) is 0 Å². The van der Waals surface area contributed by atoms with Crippen LogP contribution in [0.2, 0.25) is 0 Å². The van der Waals surface area contributed by atoms with Gasteiger partial charge in [-0.2, -0.15) is 5.10 Å². The number of rotatable bonds is 6. The van der Waals surface area contributed by atoms with Crippen LogP contribution < -0.4 is 10.2 Å². The summed E-state index contributed by atoms with van der Waals surface area (Å²) < 4.78 is 1.83. The fraction of sp³-hybridized carbons (Fsp3) is 0.350. The number of anilines is 2. The number of aryl methyl sites for hydroxylation is 2. The van der Waals surface area contributed by atoms with E-state index in [-0.39, 0.29) is 11.8 Å². The van der Waals surface area contributed by atoms with Gasteiger partial charge in [-0.05, 0) is 31.0 Å². The van der Waals surface area contributed by atoms with Crippen LogP contribution in [-0.4, -0.2) is 43.7 Å². The van der Waals surface area contributed by atoms with Gasteiger partial charge in [-0.3, -0.25) is 14.5 Å². The highest BCUT2D eigenvalue weighted by molar-refractivity contribution is 5.92. The van der Waals surface area contributed by atoms with Gasteiger partial charge >= 0.3 is 0 Å². The Bertz CT molecular complexity index is 897. The summed E-state index contributed by atoms with van der Waals surface area (Å²) in [5.74, 6) is 1.16. The average Bonchev–Trinajstić information content (AvgIpc) is 3.21. The first-order valence-electron chi connectivity index (χ1n) is 9.54. The highest BCUT2D eigenvalue weighted by Crippen LogP contribution is 2.21. The molecule has 1 N–H and O–H groups in total. The number of carbonyl (C=O) groups excluding carboxylic acids is 1. The zero-order valence-electron chi connectivity index (χ0n) is 15.6. The molecule has 1 saturated heterocycles. The first kappa shape index (κ1) is 18.1. The Kier molecular flexibility index (Phi) is 5.56. The number of nitrogens with zero attached hydrogens (tertiary/aromatic N) is 6. The molecule has 1 fully saturated rings. The Hall–Kier alpha value is -3.29. The van der Waals surface area contributed by atoms with Crippen molar-refractivity contribution in [3.63, 3.8) is 0 Å². The highest BCUT2D eigenvalue weighted by atomic mass is 16.2. The lowest BCUT2D eigenvalue weighted by Gasteiger charge is -2.31. The molecule has 1 aliphatic rings. The molecule has 0 radical (unpaired) electrons. The normalized spacial score (nSPS) is 16.7. The molecule has 0 spiro atoms. The molecule has 144 valence electrons. The standard InChI is InChI=1S/C20H23N7O/c28-19(16-5-3-12-26(15-16)20-22-10-4-11-23-20)24-18-8-14-27(25-18)13-7-17-6-1-2-9-21-17/h1-2,4,6,8-11,14,16H,3,5,7,12-13,15H2,(H,24,25,28). The van der Waals surface area contributed by atoms with Crippen molar-refractivity contribution in [1.29, 1.82) is 0 Å². The Morgan fingerprint density at radius 3 is 2.79 bits per heavy atom. The third-order valence-electron chi connectivity index (χ3n) is 4.84. The fourth-order valence-electron chi connectivity index (χ4n) is 3.38. The minimum atomic E-state index is -0.101. The molecule has 3 aromatic heterocycles. The van der Waals surface area contributed by atoms with Crippen LogP contribution in [0.3, 0.4) is 0 Å². The molecular formula is C20H23N7O. The van der Waals surface area contributed by atoms with E-state index in [2.05, 4.69) is 30.3 Å². The molecule has 4 heterocycles. The smallest absolute Gasteiger partial charge is 0.230 e. The third kappa shape index (κ3) is 4.51. The van der Waals surface area contributed by atoms with Gasteiger partial charge in [0.1, 0.15) is 0 Å². The first-order chi connectivity index (χ1) is 13.8. The summed E-state index contributed by atoms with van der Waals surface area (Å²) in [7, 11) is 0. The Morgan fingerprint density at radius 2 is 1.96 bits per heavy atom. The molecule has 0 aromatic carbocycles. The SMILES string of the molecule is O=C(Nc1ccn(CCc2ccccn2)n1)C1CCCN(c2ncccn2)C1. The molecule has 1 aliphatic heterocycles. The van der Waals surface area contributed by atoms with Crippen LogP contribution >= 0.6 is 0 Å². The summed E-state index contributed by atoms with van der Waals surface area (Å²) in [5.41, 5.74) is 1.02. The summed E-state index contributed by atoms with van der Waals surface area (Å²) in [6, 6.07) is 9.50. The second kappa shape index (κ2) is 8.60. The third-order valence-corrected chi connectivity index (χ3v) is 4.84. The van der Waals surface area contributed by atoms with Crippen LogP contribution in [0, 0.1) is 5.92 Å². The summed E-state index contributed by atoms with van der Waals surface area (Å²) >= 11 is 0. The molecule has 3 aromatic rings. The number of amides is 1. The first-order valence-corrected chi connectivity index (χ1v) is 9.54. The van der Waals surface area contributed by atoms with Crippen LogP contribution in [-0.2, 0) is 17.8 Å². The van der Waals surface area contributed by atoms with Crippen LogP contribution in [0.15, 0.2) is 55.1 Å². The number of aromatic nitrogens is 5. The molecule has 1 atom stereocenters. The maximum atomic E-state index is 12.7. The highest BCUT2D eigenvalue weighted by Gasteiger charge is 2.27. The maximum Gasteiger partial charge on any atom is 0.230 e. The second-order valence-corrected chi connectivity index (χ2v) is 6.86. The molecule has 1 amide bonds. The van der Waals surface area contributed by atoms with Crippen molar-refractivity contribution in [1.82, 2.24) is 24.7 Å². The van der Waals surface area contributed by atoms with E-state index in [9.17, 15) is 4.79 Å². The van der Waals surface area contributed by atoms with E-state index >= 15 is 0 Å². The van der Waals surface area contributed by atoms with E-state index in [1.54, 1.807) is 24.7 Å². The van der Waals surface area contributed by atoms with Crippen molar-refractivity contribution in [3.8, 4) is 0 Å². The average molecular weight is 377 g/mol. The van der Waals surface area contributed by atoms with Gasteiger partial charge in [0.05, 0.1) is 5.92 Å². The predicted molar refractivity (Wildman–Crippen MR) is 106 cm³/mol. The van der Waals surface area contributed by atoms with Crippen LogP contribution in [0.4, 0.5) is 11.8 Å². The Morgan fingerprint density at radius 1 is 1.11 bits per heavy atom. The zero-order chi connectivity index (χ0) is 19.2. The van der Waals surface area contributed by atoms with Crippen molar-refractivity contribution in [2.75, 3.05) is 23.3 Å². The van der Waals surface area contributed by atoms with Crippen molar-refractivity contribution < 1.29 is 4.79 Å². The number of nitrogens with one attached hydrogen (secondary N) is 1. The Balaban J connectivity index is 1.31. The van der Waals surface area contributed by atoms with Gasteiger partial charge in [0.2, 0.25) is 11.9 Å². The summed E-state index contributed by atoms with van der Waals surface area (Å²) in [6.07, 6.45) is 9.71. The van der Waals surface area contributed by atoms with Gasteiger partial charge in [0.25, 0.3) is 0 Å². The minimum Gasteiger partial charge on any atom is -0.340 e. The van der Waals surface area contributed by atoms with E-state index in [0.29, 0.717) is 18.3 Å². The minimum absolute atomic E-state index is 0.00407. The maximum absolute atomic E-state index is 12.7. The summed E-state index contributed by atoms with van der Waals surface area (Å²) in [5, 5.41) is 7.40. The Labute approximate surface area is 163 Å². The van der Waals surface area contributed by atoms with Gasteiger partial charge in [-0.15, -0.1) is 0 Å². The molecule has 0 bridgehead atoms. The number of carbonyl (C=O) groups is 1. The molecule has 0 aliphatic carbocycles. The van der Waals surface area contributed by atoms with Gasteiger partial charge in [0, 0.05) is 62.6 Å². The van der Waals surface area contributed by atoms with Gasteiger partial charge in [0.15, 0.2) is 5.82 Å². The van der Waals surface area contributed by atoms with Gasteiger partial charge in [-0.25, -0.2) is 9.97 Å². The van der Waals surface area contributed by atoms with Gasteiger partial charge < -0.3 is 10.2 Å². The second-order valence-electron chi connectivity index (χ2n) is 6.86. The van der Waals surface area contributed by atoms with Crippen molar-refractivity contribution >= 4 is 17.7 Å². The zero-order valence-corrected chi connectivity index (χ0v) is 15.6. The topological polar surface area (TPSA) is 88.8 Å². The van der Waals surface area contributed by atoms with Crippen LogP contribution in [0.5, 0.6) is 0 Å². The lowest BCUT2D eigenvalue weighted by molar-refractivity contribution is -0.120. The predicted octanol–water partition coefficient (Wildman–Crippen LogP) is 2.17. The number of piperidine rings is 1. The molecule has 8 heteroatoms. The van der Waals surface area contributed by atoms with Crippen molar-refractivity contribution in [3.05, 3.63) is 60.8 Å². The van der Waals surface area contributed by atoms with Crippen molar-refractivity contribution in [2.24, 2.45) is 5.92 Å². The van der Waals surface area contributed by atoms with Crippen molar-refractivity contribution in [2.45, 2.75) is 25.8 Å². The summed E-state index contributed by atoms with van der Waals surface area (Å²) in [6.45, 7) is 2.21. The van der Waals surface area contributed by atoms with E-state index in [4.69, 9.17) is 0 Å². The number of hydrogen-bond acceptors (Lipinski definition) is 6. The van der Waals surface area contributed by atoms with Gasteiger partial charge in [-0.1, -0.05) is 6.07 Å². The molecule has 1 unspecified atom stereocenters. The molecule has 8 nitrogen and oxygen atoms in total. The molecular weight excluding hydrogens is 354 g/mol. The lowest BCUT2D eigenvalue weighted by Crippen LogP contribution is -2.41. The molecule has 0 saturated carbocycles. The number of hydrogen-bond donors (Lipinski definition) is 1. The van der Waals surface area contributed by atoms with Crippen LogP contribution in [0.1, 0.15) is 18.5 Å². The van der Waals surface area contributed by atoms with E-state index in [1.165, 1.54) is 0 Å². The van der Waals surface area contributed by atoms with E-state index < -0.39 is 0 Å². The fourth-order valence-corrected chi connectivity index (χ4v) is 3.38. The quantitative estimate of drug-likeness (QED) is 0.708. The number of pyridine rings is 1. The largest absolute Gasteiger partial charge is 0.340 e. The van der Waals surface area contributed by atoms with E-state index in [1.807, 2.05) is 35.1 Å². The monoisotopic (exact) mass is 377 g/mol.